The van der Waals surface area contributed by atoms with Crippen molar-refractivity contribution in [3.8, 4) is 0 Å². The minimum Gasteiger partial charge on any atom is -0.478 e. The maximum Gasteiger partial charge on any atom is 0.335 e. The Balaban J connectivity index is 2.41. The Morgan fingerprint density at radius 2 is 1.76 bits per heavy atom. The predicted octanol–water partition coefficient (Wildman–Crippen LogP) is 3.26. The van der Waals surface area contributed by atoms with Gasteiger partial charge in [0.2, 0.25) is 0 Å². The zero-order chi connectivity index (χ0) is 15.6. The first-order valence-corrected chi connectivity index (χ1v) is 8.24. The molecule has 2 aromatic carbocycles. The van der Waals surface area contributed by atoms with E-state index in [1.54, 1.807) is 24.3 Å². The summed E-state index contributed by atoms with van der Waals surface area (Å²) < 4.78 is 39.0. The van der Waals surface area contributed by atoms with Gasteiger partial charge in [0.05, 0.1) is 11.3 Å². The number of rotatable bonds is 4. The molecular weight excluding hydrogens is 363 g/mol. The van der Waals surface area contributed by atoms with Gasteiger partial charge in [-0.2, -0.15) is 0 Å². The van der Waals surface area contributed by atoms with Crippen LogP contribution in [0.2, 0.25) is 0 Å². The Bertz CT molecular complexity index is 785. The van der Waals surface area contributed by atoms with Gasteiger partial charge in [0.15, 0.2) is 9.84 Å². The molecule has 4 nitrogen and oxygen atoms in total. The number of aromatic carboxylic acids is 1. The quantitative estimate of drug-likeness (QED) is 0.893. The number of carboxylic acids is 1. The average Bonchev–Trinajstić information content (AvgIpc) is 2.41. The summed E-state index contributed by atoms with van der Waals surface area (Å²) in [5, 5.41) is 8.86. The minimum absolute atomic E-state index is 0.272. The highest BCUT2D eigenvalue weighted by Gasteiger charge is 2.21. The fourth-order valence-corrected chi connectivity index (χ4v) is 3.48. The lowest BCUT2D eigenvalue weighted by molar-refractivity contribution is 0.0696. The SMILES string of the molecule is O=C(O)c1ccc(F)c(S(=O)(=O)Cc2ccc(Br)cc2)c1. The summed E-state index contributed by atoms with van der Waals surface area (Å²) in [6.45, 7) is 0. The van der Waals surface area contributed by atoms with Crippen LogP contribution in [0, 0.1) is 5.82 Å². The zero-order valence-corrected chi connectivity index (χ0v) is 13.0. The van der Waals surface area contributed by atoms with Crippen LogP contribution in [0.4, 0.5) is 4.39 Å². The Kier molecular flexibility index (Phi) is 4.43. The molecule has 0 amide bonds. The summed E-state index contributed by atoms with van der Waals surface area (Å²) in [4.78, 5) is 10.3. The first-order chi connectivity index (χ1) is 9.79. The number of hydrogen-bond donors (Lipinski definition) is 1. The number of benzene rings is 2. The average molecular weight is 373 g/mol. The zero-order valence-electron chi connectivity index (χ0n) is 10.6. The Labute approximate surface area is 129 Å². The van der Waals surface area contributed by atoms with E-state index in [0.717, 1.165) is 22.7 Å². The van der Waals surface area contributed by atoms with Gasteiger partial charge in [-0.1, -0.05) is 28.1 Å². The highest BCUT2D eigenvalue weighted by molar-refractivity contribution is 9.10. The van der Waals surface area contributed by atoms with Crippen LogP contribution in [0.5, 0.6) is 0 Å². The number of halogens is 2. The molecule has 0 heterocycles. The number of hydrogen-bond acceptors (Lipinski definition) is 3. The van der Waals surface area contributed by atoms with Crippen molar-refractivity contribution in [1.82, 2.24) is 0 Å². The van der Waals surface area contributed by atoms with Crippen LogP contribution in [-0.2, 0) is 15.6 Å². The highest BCUT2D eigenvalue weighted by atomic mass is 79.9. The lowest BCUT2D eigenvalue weighted by Crippen LogP contribution is -2.09. The second-order valence-electron chi connectivity index (χ2n) is 4.34. The molecule has 0 aromatic heterocycles. The van der Waals surface area contributed by atoms with E-state index in [0.29, 0.717) is 5.56 Å². The standard InChI is InChI=1S/C14H10BrFO4S/c15-11-4-1-9(2-5-11)8-21(19,20)13-7-10(14(17)18)3-6-12(13)16/h1-7H,8H2,(H,17,18). The van der Waals surface area contributed by atoms with Crippen LogP contribution >= 0.6 is 15.9 Å². The van der Waals surface area contributed by atoms with Crippen LogP contribution in [0.25, 0.3) is 0 Å². The third kappa shape index (κ3) is 3.68. The molecule has 2 rings (SSSR count). The number of carboxylic acid groups (broad SMARTS) is 1. The minimum atomic E-state index is -3.97. The Morgan fingerprint density at radius 3 is 2.33 bits per heavy atom. The lowest BCUT2D eigenvalue weighted by atomic mass is 10.2. The molecule has 2 aromatic rings. The van der Waals surface area contributed by atoms with Crippen LogP contribution < -0.4 is 0 Å². The van der Waals surface area contributed by atoms with Crippen molar-refractivity contribution in [3.05, 3.63) is 63.9 Å². The molecule has 0 atom stereocenters. The Hall–Kier alpha value is -1.73. The first-order valence-electron chi connectivity index (χ1n) is 5.79. The summed E-state index contributed by atoms with van der Waals surface area (Å²) in [5.74, 6) is -2.67. The van der Waals surface area contributed by atoms with Crippen molar-refractivity contribution < 1.29 is 22.7 Å². The summed E-state index contributed by atoms with van der Waals surface area (Å²) in [6.07, 6.45) is 0. The van der Waals surface area contributed by atoms with Crippen LogP contribution in [0.1, 0.15) is 15.9 Å². The molecular formula is C14H10BrFO4S. The molecule has 0 aliphatic carbocycles. The van der Waals surface area contributed by atoms with Crippen LogP contribution in [-0.4, -0.2) is 19.5 Å². The second-order valence-corrected chi connectivity index (χ2v) is 7.21. The van der Waals surface area contributed by atoms with Gasteiger partial charge < -0.3 is 5.11 Å². The highest BCUT2D eigenvalue weighted by Crippen LogP contribution is 2.22. The van der Waals surface area contributed by atoms with Crippen molar-refractivity contribution in [2.45, 2.75) is 10.6 Å². The molecule has 7 heteroatoms. The van der Waals surface area contributed by atoms with Crippen LogP contribution in [0.3, 0.4) is 0 Å². The molecule has 0 aliphatic rings. The Morgan fingerprint density at radius 1 is 1.14 bits per heavy atom. The number of carbonyl (C=O) groups is 1. The van der Waals surface area contributed by atoms with Gasteiger partial charge >= 0.3 is 5.97 Å². The largest absolute Gasteiger partial charge is 0.478 e. The fourth-order valence-electron chi connectivity index (χ4n) is 1.75. The van der Waals surface area contributed by atoms with E-state index in [1.807, 2.05) is 0 Å². The molecule has 0 bridgehead atoms. The van der Waals surface area contributed by atoms with Crippen molar-refractivity contribution in [2.24, 2.45) is 0 Å². The molecule has 0 unspecified atom stereocenters. The van der Waals surface area contributed by atoms with E-state index in [2.05, 4.69) is 15.9 Å². The summed E-state index contributed by atoms with van der Waals surface area (Å²) >= 11 is 3.23. The molecule has 21 heavy (non-hydrogen) atoms. The monoisotopic (exact) mass is 372 g/mol. The summed E-state index contributed by atoms with van der Waals surface area (Å²) in [5.41, 5.74) is 0.212. The van der Waals surface area contributed by atoms with Crippen molar-refractivity contribution in [3.63, 3.8) is 0 Å². The first kappa shape index (κ1) is 15.7. The van der Waals surface area contributed by atoms with Crippen LogP contribution in [0.15, 0.2) is 51.8 Å². The van der Waals surface area contributed by atoms with E-state index in [-0.39, 0.29) is 5.56 Å². The van der Waals surface area contributed by atoms with E-state index >= 15 is 0 Å². The third-order valence-corrected chi connectivity index (χ3v) is 5.01. The van der Waals surface area contributed by atoms with Gasteiger partial charge in [0.1, 0.15) is 10.7 Å². The maximum atomic E-state index is 13.7. The maximum absolute atomic E-state index is 13.7. The fraction of sp³-hybridized carbons (Fsp3) is 0.0714. The van der Waals surface area contributed by atoms with E-state index in [9.17, 15) is 17.6 Å². The van der Waals surface area contributed by atoms with E-state index in [1.165, 1.54) is 0 Å². The molecule has 110 valence electrons. The van der Waals surface area contributed by atoms with E-state index < -0.39 is 32.3 Å². The van der Waals surface area contributed by atoms with Crippen molar-refractivity contribution in [1.29, 1.82) is 0 Å². The van der Waals surface area contributed by atoms with Gasteiger partial charge in [-0.15, -0.1) is 0 Å². The van der Waals surface area contributed by atoms with E-state index in [4.69, 9.17) is 5.11 Å². The van der Waals surface area contributed by atoms with Gasteiger partial charge in [0, 0.05) is 4.47 Å². The molecule has 1 N–H and O–H groups in total. The molecule has 0 spiro atoms. The third-order valence-electron chi connectivity index (χ3n) is 2.78. The molecule has 0 radical (unpaired) electrons. The summed E-state index contributed by atoms with van der Waals surface area (Å²) in [7, 11) is -3.97. The topological polar surface area (TPSA) is 71.4 Å². The van der Waals surface area contributed by atoms with Gasteiger partial charge in [0.25, 0.3) is 0 Å². The van der Waals surface area contributed by atoms with Gasteiger partial charge in [-0.3, -0.25) is 0 Å². The smallest absolute Gasteiger partial charge is 0.335 e. The lowest BCUT2D eigenvalue weighted by Gasteiger charge is -2.07. The van der Waals surface area contributed by atoms with Crippen molar-refractivity contribution >= 4 is 31.7 Å². The summed E-state index contributed by atoms with van der Waals surface area (Å²) in [6, 6.07) is 9.25. The second kappa shape index (κ2) is 5.95. The molecule has 0 aliphatic heterocycles. The van der Waals surface area contributed by atoms with Gasteiger partial charge in [-0.05, 0) is 35.9 Å². The molecule has 0 fully saturated rings. The van der Waals surface area contributed by atoms with Gasteiger partial charge in [-0.25, -0.2) is 17.6 Å². The predicted molar refractivity (Wildman–Crippen MR) is 78.4 cm³/mol. The normalized spacial score (nSPS) is 11.3. The number of sulfone groups is 1. The molecule has 0 saturated heterocycles. The van der Waals surface area contributed by atoms with Crippen molar-refractivity contribution in [2.75, 3.05) is 0 Å². The molecule has 0 saturated carbocycles.